The van der Waals surface area contributed by atoms with Crippen LogP contribution in [0.15, 0.2) is 32.5 Å². The van der Waals surface area contributed by atoms with Crippen molar-refractivity contribution in [3.8, 4) is 0 Å². The molecule has 0 aliphatic carbocycles. The third kappa shape index (κ3) is 2.15. The van der Waals surface area contributed by atoms with Gasteiger partial charge in [0.15, 0.2) is 0 Å². The van der Waals surface area contributed by atoms with Crippen LogP contribution < -0.4 is 11.3 Å². The average Bonchev–Trinajstić information content (AvgIpc) is 2.79. The largest absolute Gasteiger partial charge is 0.464 e. The predicted molar refractivity (Wildman–Crippen MR) is 64.6 cm³/mol. The summed E-state index contributed by atoms with van der Waals surface area (Å²) in [5.41, 5.74) is 2.76. The fourth-order valence-corrected chi connectivity index (χ4v) is 3.08. The summed E-state index contributed by atoms with van der Waals surface area (Å²) in [6, 6.07) is 5.78. The van der Waals surface area contributed by atoms with Gasteiger partial charge in [-0.05, 0) is 46.4 Å². The van der Waals surface area contributed by atoms with Gasteiger partial charge < -0.3 is 4.42 Å². The lowest BCUT2D eigenvalue weighted by Gasteiger charge is -2.11. The normalized spacial score (nSPS) is 13.0. The highest BCUT2D eigenvalue weighted by molar-refractivity contribution is 9.10. The molecule has 5 heteroatoms. The lowest BCUT2D eigenvalue weighted by atomic mass is 10.2. The summed E-state index contributed by atoms with van der Waals surface area (Å²) < 4.78 is 6.60. The quantitative estimate of drug-likeness (QED) is 0.674. The lowest BCUT2D eigenvalue weighted by molar-refractivity contribution is 0.437. The second kappa shape index (κ2) is 4.49. The van der Waals surface area contributed by atoms with Crippen molar-refractivity contribution in [2.75, 3.05) is 0 Å². The van der Waals surface area contributed by atoms with E-state index >= 15 is 0 Å². The molecule has 3 nitrogen and oxygen atoms in total. The van der Waals surface area contributed by atoms with Gasteiger partial charge in [0, 0.05) is 9.35 Å². The molecule has 1 unspecified atom stereocenters. The summed E-state index contributed by atoms with van der Waals surface area (Å²) >= 11 is 5.12. The third-order valence-electron chi connectivity index (χ3n) is 2.12. The maximum Gasteiger partial charge on any atom is 0.127 e. The Balaban J connectivity index is 2.36. The topological polar surface area (TPSA) is 51.2 Å². The highest BCUT2D eigenvalue weighted by atomic mass is 79.9. The molecule has 0 bridgehead atoms. The maximum atomic E-state index is 5.56. The van der Waals surface area contributed by atoms with Gasteiger partial charge in [0.1, 0.15) is 17.6 Å². The molecule has 0 spiro atoms. The van der Waals surface area contributed by atoms with E-state index in [1.165, 1.54) is 0 Å². The van der Waals surface area contributed by atoms with Crippen LogP contribution in [-0.4, -0.2) is 0 Å². The van der Waals surface area contributed by atoms with Crippen molar-refractivity contribution in [3.63, 3.8) is 0 Å². The molecule has 2 aromatic rings. The van der Waals surface area contributed by atoms with Crippen LogP contribution in [0.3, 0.4) is 0 Å². The molecule has 0 aromatic carbocycles. The molecule has 0 saturated heterocycles. The number of hydrogen-bond donors (Lipinski definition) is 2. The molecule has 2 rings (SSSR count). The van der Waals surface area contributed by atoms with Crippen molar-refractivity contribution >= 4 is 27.3 Å². The molecule has 0 radical (unpaired) electrons. The Morgan fingerprint density at radius 1 is 1.47 bits per heavy atom. The highest BCUT2D eigenvalue weighted by Crippen LogP contribution is 2.33. The standard InChI is InChI=1S/C10H11BrN2OS/c1-6-2-3-8(14-6)9(13-12)10-7(11)4-5-15-10/h2-5,9,13H,12H2,1H3. The van der Waals surface area contributed by atoms with Crippen molar-refractivity contribution in [1.29, 1.82) is 0 Å². The SMILES string of the molecule is Cc1ccc(C(NN)c2sccc2Br)o1. The number of hydrogen-bond acceptors (Lipinski definition) is 4. The Hall–Kier alpha value is -0.620. The smallest absolute Gasteiger partial charge is 0.127 e. The summed E-state index contributed by atoms with van der Waals surface area (Å²) in [5.74, 6) is 7.27. The van der Waals surface area contributed by atoms with Gasteiger partial charge in [0.2, 0.25) is 0 Å². The summed E-state index contributed by atoms with van der Waals surface area (Å²) in [6.45, 7) is 1.92. The number of hydrazine groups is 1. The first-order valence-corrected chi connectivity index (χ1v) is 6.15. The molecule has 80 valence electrons. The van der Waals surface area contributed by atoms with E-state index in [0.717, 1.165) is 20.9 Å². The van der Waals surface area contributed by atoms with Crippen LogP contribution in [0.1, 0.15) is 22.4 Å². The van der Waals surface area contributed by atoms with Gasteiger partial charge in [-0.1, -0.05) is 0 Å². The Labute approximate surface area is 100 Å². The minimum absolute atomic E-state index is 0.0897. The molecule has 15 heavy (non-hydrogen) atoms. The molecule has 1 atom stereocenters. The number of furan rings is 1. The van der Waals surface area contributed by atoms with Gasteiger partial charge in [0.25, 0.3) is 0 Å². The fourth-order valence-electron chi connectivity index (χ4n) is 1.41. The minimum atomic E-state index is -0.0897. The van der Waals surface area contributed by atoms with E-state index in [1.54, 1.807) is 11.3 Å². The van der Waals surface area contributed by atoms with E-state index in [0.29, 0.717) is 0 Å². The first-order valence-electron chi connectivity index (χ1n) is 4.47. The second-order valence-electron chi connectivity index (χ2n) is 3.18. The van der Waals surface area contributed by atoms with Gasteiger partial charge in [-0.2, -0.15) is 0 Å². The van der Waals surface area contributed by atoms with Gasteiger partial charge in [-0.15, -0.1) is 11.3 Å². The fraction of sp³-hybridized carbons (Fsp3) is 0.200. The zero-order chi connectivity index (χ0) is 10.8. The molecule has 0 aliphatic heterocycles. The van der Waals surface area contributed by atoms with Gasteiger partial charge in [-0.25, -0.2) is 5.43 Å². The van der Waals surface area contributed by atoms with Gasteiger partial charge in [-0.3, -0.25) is 5.84 Å². The van der Waals surface area contributed by atoms with Crippen molar-refractivity contribution in [2.24, 2.45) is 5.84 Å². The van der Waals surface area contributed by atoms with Crippen molar-refractivity contribution in [2.45, 2.75) is 13.0 Å². The van der Waals surface area contributed by atoms with Crippen LogP contribution in [0.4, 0.5) is 0 Å². The molecule has 3 N–H and O–H groups in total. The molecule has 0 amide bonds. The first kappa shape index (κ1) is 10.9. The van der Waals surface area contributed by atoms with Gasteiger partial charge >= 0.3 is 0 Å². The van der Waals surface area contributed by atoms with Crippen LogP contribution in [0.2, 0.25) is 0 Å². The molecule has 0 saturated carbocycles. The summed E-state index contributed by atoms with van der Waals surface area (Å²) in [7, 11) is 0. The molecule has 2 aromatic heterocycles. The highest BCUT2D eigenvalue weighted by Gasteiger charge is 2.19. The van der Waals surface area contributed by atoms with Crippen LogP contribution >= 0.6 is 27.3 Å². The van der Waals surface area contributed by atoms with E-state index in [-0.39, 0.29) is 6.04 Å². The number of nitrogens with two attached hydrogens (primary N) is 1. The van der Waals surface area contributed by atoms with E-state index in [9.17, 15) is 0 Å². The van der Waals surface area contributed by atoms with Crippen LogP contribution in [0.25, 0.3) is 0 Å². The number of rotatable bonds is 3. The van der Waals surface area contributed by atoms with E-state index in [4.69, 9.17) is 10.3 Å². The van der Waals surface area contributed by atoms with Crippen molar-refractivity contribution in [3.05, 3.63) is 44.4 Å². The van der Waals surface area contributed by atoms with E-state index < -0.39 is 0 Å². The summed E-state index contributed by atoms with van der Waals surface area (Å²) in [6.07, 6.45) is 0. The maximum absolute atomic E-state index is 5.56. The average molecular weight is 287 g/mol. The molecular formula is C10H11BrN2OS. The predicted octanol–water partition coefficient (Wildman–Crippen LogP) is 2.96. The molecule has 0 aliphatic rings. The van der Waals surface area contributed by atoms with Crippen molar-refractivity contribution in [1.82, 2.24) is 5.43 Å². The molecule has 2 heterocycles. The van der Waals surface area contributed by atoms with Crippen molar-refractivity contribution < 1.29 is 4.42 Å². The zero-order valence-corrected chi connectivity index (χ0v) is 10.6. The number of thiophene rings is 1. The monoisotopic (exact) mass is 286 g/mol. The van der Waals surface area contributed by atoms with Gasteiger partial charge in [0.05, 0.1) is 0 Å². The lowest BCUT2D eigenvalue weighted by Crippen LogP contribution is -2.28. The Morgan fingerprint density at radius 3 is 2.73 bits per heavy atom. The van der Waals surface area contributed by atoms with E-state index in [1.807, 2.05) is 30.5 Å². The molecular weight excluding hydrogens is 276 g/mol. The minimum Gasteiger partial charge on any atom is -0.464 e. The number of halogens is 1. The van der Waals surface area contributed by atoms with Crippen LogP contribution in [0.5, 0.6) is 0 Å². The Morgan fingerprint density at radius 2 is 2.27 bits per heavy atom. The Kier molecular flexibility index (Phi) is 3.25. The number of aryl methyl sites for hydroxylation is 1. The number of nitrogens with one attached hydrogen (secondary N) is 1. The summed E-state index contributed by atoms with van der Waals surface area (Å²) in [4.78, 5) is 1.12. The Bertz CT molecular complexity index is 452. The third-order valence-corrected chi connectivity index (χ3v) is 4.05. The first-order chi connectivity index (χ1) is 7.22. The second-order valence-corrected chi connectivity index (χ2v) is 4.98. The molecule has 0 fully saturated rings. The van der Waals surface area contributed by atoms with E-state index in [2.05, 4.69) is 21.4 Å². The summed E-state index contributed by atoms with van der Waals surface area (Å²) in [5, 5.41) is 2.01. The van der Waals surface area contributed by atoms with Crippen LogP contribution in [-0.2, 0) is 0 Å². The zero-order valence-electron chi connectivity index (χ0n) is 8.16. The van der Waals surface area contributed by atoms with Crippen LogP contribution in [0, 0.1) is 6.92 Å².